The van der Waals surface area contributed by atoms with Gasteiger partial charge in [-0.3, -0.25) is 14.5 Å². The Morgan fingerprint density at radius 1 is 1.12 bits per heavy atom. The van der Waals surface area contributed by atoms with Gasteiger partial charge < -0.3 is 19.7 Å². The molecule has 0 unspecified atom stereocenters. The Balaban J connectivity index is 1.41. The lowest BCUT2D eigenvalue weighted by Crippen LogP contribution is -2.32. The summed E-state index contributed by atoms with van der Waals surface area (Å²) in [7, 11) is 3.57. The molecule has 34 heavy (non-hydrogen) atoms. The zero-order valence-corrected chi connectivity index (χ0v) is 19.1. The average Bonchev–Trinajstić information content (AvgIpc) is 3.47. The van der Waals surface area contributed by atoms with Crippen LogP contribution >= 0.6 is 0 Å². The number of H-pyrrole nitrogens is 2. The zero-order valence-electron chi connectivity index (χ0n) is 19.1. The van der Waals surface area contributed by atoms with Gasteiger partial charge in [0.2, 0.25) is 5.91 Å². The fourth-order valence-corrected chi connectivity index (χ4v) is 4.31. The number of hydrogen-bond acceptors (Lipinski definition) is 4. The van der Waals surface area contributed by atoms with E-state index in [1.807, 2.05) is 46.9 Å². The van der Waals surface area contributed by atoms with Crippen molar-refractivity contribution in [1.29, 1.82) is 0 Å². The first-order valence-corrected chi connectivity index (χ1v) is 11.1. The number of carbonyl (C=O) groups excluding carboxylic acids is 1. The molecular formula is C26H26N6O2. The Morgan fingerprint density at radius 3 is 2.71 bits per heavy atom. The topological polar surface area (TPSA) is 98.3 Å². The summed E-state index contributed by atoms with van der Waals surface area (Å²) in [6, 6.07) is 14.2. The van der Waals surface area contributed by atoms with Gasteiger partial charge in [-0.25, -0.2) is 4.98 Å². The van der Waals surface area contributed by atoms with E-state index in [1.165, 1.54) is 0 Å². The molecule has 0 radical (unpaired) electrons. The first kappa shape index (κ1) is 21.7. The predicted octanol–water partition coefficient (Wildman–Crippen LogP) is 2.94. The third-order valence-corrected chi connectivity index (χ3v) is 6.05. The van der Waals surface area contributed by atoms with Gasteiger partial charge in [0.25, 0.3) is 5.56 Å². The van der Waals surface area contributed by atoms with E-state index >= 15 is 0 Å². The van der Waals surface area contributed by atoms with Gasteiger partial charge >= 0.3 is 0 Å². The lowest BCUT2D eigenvalue weighted by Gasteiger charge is -2.15. The van der Waals surface area contributed by atoms with Crippen molar-refractivity contribution in [1.82, 2.24) is 29.6 Å². The molecule has 0 spiro atoms. The van der Waals surface area contributed by atoms with Crippen molar-refractivity contribution in [2.75, 3.05) is 20.6 Å². The minimum Gasteiger partial charge on any atom is -0.358 e. The number of aromatic amines is 2. The molecule has 8 heteroatoms. The number of hydrogen-bond donors (Lipinski definition) is 3. The number of pyridine rings is 1. The van der Waals surface area contributed by atoms with Gasteiger partial charge in [-0.05, 0) is 36.4 Å². The third-order valence-electron chi connectivity index (χ3n) is 6.05. The number of aromatic nitrogens is 4. The fourth-order valence-electron chi connectivity index (χ4n) is 4.31. The maximum Gasteiger partial charge on any atom is 0.272 e. The molecule has 0 aliphatic rings. The molecule has 172 valence electrons. The number of nitrogens with one attached hydrogen (secondary N) is 3. The van der Waals surface area contributed by atoms with Crippen LogP contribution in [0.15, 0.2) is 72.0 Å². The Morgan fingerprint density at radius 2 is 1.91 bits per heavy atom. The van der Waals surface area contributed by atoms with Crippen LogP contribution in [-0.4, -0.2) is 50.8 Å². The van der Waals surface area contributed by atoms with Gasteiger partial charge in [-0.2, -0.15) is 0 Å². The van der Waals surface area contributed by atoms with Crippen LogP contribution in [0.25, 0.3) is 27.7 Å². The van der Waals surface area contributed by atoms with Gasteiger partial charge in [-0.1, -0.05) is 24.3 Å². The van der Waals surface area contributed by atoms with Crippen molar-refractivity contribution in [3.8, 4) is 11.1 Å². The van der Waals surface area contributed by atoms with Crippen molar-refractivity contribution in [3.63, 3.8) is 0 Å². The maximum atomic E-state index is 12.5. The molecule has 0 aliphatic heterocycles. The smallest absolute Gasteiger partial charge is 0.272 e. The lowest BCUT2D eigenvalue weighted by molar-refractivity contribution is -0.121. The van der Waals surface area contributed by atoms with E-state index in [9.17, 15) is 9.59 Å². The molecule has 8 nitrogen and oxygen atoms in total. The molecule has 5 aromatic rings. The molecule has 1 aromatic carbocycles. The van der Waals surface area contributed by atoms with E-state index in [4.69, 9.17) is 0 Å². The molecule has 0 atom stereocenters. The molecule has 3 N–H and O–H groups in total. The van der Waals surface area contributed by atoms with Gasteiger partial charge in [0.05, 0.1) is 6.54 Å². The second-order valence-electron chi connectivity index (χ2n) is 8.53. The van der Waals surface area contributed by atoms with Crippen molar-refractivity contribution in [2.24, 2.45) is 0 Å². The maximum absolute atomic E-state index is 12.5. The summed E-state index contributed by atoms with van der Waals surface area (Å²) in [4.78, 5) is 36.5. The molecule has 0 bridgehead atoms. The number of fused-ring (bicyclic) bond motifs is 2. The van der Waals surface area contributed by atoms with Crippen LogP contribution in [0.1, 0.15) is 16.8 Å². The fraction of sp³-hybridized carbons (Fsp3) is 0.192. The predicted molar refractivity (Wildman–Crippen MR) is 133 cm³/mol. The first-order valence-electron chi connectivity index (χ1n) is 11.1. The molecule has 0 saturated carbocycles. The molecule has 0 saturated heterocycles. The first-order chi connectivity index (χ1) is 16.5. The third kappa shape index (κ3) is 4.23. The summed E-state index contributed by atoms with van der Waals surface area (Å²) < 4.78 is 1.97. The molecular weight excluding hydrogens is 428 g/mol. The Labute approximate surface area is 196 Å². The molecule has 0 fully saturated rings. The van der Waals surface area contributed by atoms with Crippen molar-refractivity contribution in [3.05, 3.63) is 94.4 Å². The molecule has 1 amide bonds. The van der Waals surface area contributed by atoms with Gasteiger partial charge in [0, 0.05) is 67.0 Å². The Kier molecular flexibility index (Phi) is 5.73. The molecule has 0 aliphatic carbocycles. The number of likely N-dealkylation sites (N-methyl/N-ethyl adjacent to an activating group) is 2. The van der Waals surface area contributed by atoms with Crippen molar-refractivity contribution in [2.45, 2.75) is 13.0 Å². The zero-order chi connectivity index (χ0) is 23.7. The lowest BCUT2D eigenvalue weighted by atomic mass is 10.1. The van der Waals surface area contributed by atoms with Crippen molar-refractivity contribution >= 4 is 22.5 Å². The summed E-state index contributed by atoms with van der Waals surface area (Å²) in [5, 5.41) is 3.66. The highest BCUT2D eigenvalue weighted by atomic mass is 16.2. The van der Waals surface area contributed by atoms with Crippen LogP contribution in [-0.2, 0) is 17.8 Å². The van der Waals surface area contributed by atoms with Crippen LogP contribution in [0.3, 0.4) is 0 Å². The van der Waals surface area contributed by atoms with Crippen LogP contribution < -0.4 is 10.9 Å². The number of carbonyl (C=O) groups is 1. The van der Waals surface area contributed by atoms with Crippen LogP contribution in [0.5, 0.6) is 0 Å². The average molecular weight is 455 g/mol. The van der Waals surface area contributed by atoms with Crippen molar-refractivity contribution < 1.29 is 4.79 Å². The molecule has 4 aromatic heterocycles. The summed E-state index contributed by atoms with van der Waals surface area (Å²) in [5.74, 6) is -0.00352. The number of rotatable bonds is 7. The SMILES string of the molecule is CNC(=O)CN(C)Cc1ccc(Cc2c[nH]c(=O)c3cc(-c4c[nH]c5ncccc45)cn23)cc1. The highest BCUT2D eigenvalue weighted by Crippen LogP contribution is 2.29. The monoisotopic (exact) mass is 454 g/mol. The standard InChI is InChI=1S/C26H26N6O2/c1-27-24(33)16-31(2)14-18-7-5-17(6-8-18)10-20-12-30-26(34)23-11-19(15-32(20)23)22-13-29-25-21(22)4-3-9-28-25/h3-9,11-13,15H,10,14,16H2,1-2H3,(H,27,33)(H,28,29)(H,30,34). The highest BCUT2D eigenvalue weighted by Gasteiger charge is 2.13. The summed E-state index contributed by atoms with van der Waals surface area (Å²) in [6.07, 6.45) is 8.15. The summed E-state index contributed by atoms with van der Waals surface area (Å²) >= 11 is 0. The van der Waals surface area contributed by atoms with Gasteiger partial charge in [-0.15, -0.1) is 0 Å². The van der Waals surface area contributed by atoms with E-state index in [2.05, 4.69) is 44.5 Å². The second kappa shape index (κ2) is 8.99. The highest BCUT2D eigenvalue weighted by molar-refractivity contribution is 5.94. The minimum absolute atomic E-state index is 0.00352. The Bertz CT molecular complexity index is 1530. The number of nitrogens with zero attached hydrogens (tertiary/aromatic N) is 3. The van der Waals surface area contributed by atoms with Gasteiger partial charge in [0.15, 0.2) is 0 Å². The van der Waals surface area contributed by atoms with Crippen LogP contribution in [0.2, 0.25) is 0 Å². The van der Waals surface area contributed by atoms with E-state index in [0.717, 1.165) is 39.0 Å². The van der Waals surface area contributed by atoms with E-state index in [0.29, 0.717) is 25.0 Å². The molecule has 5 rings (SSSR count). The summed E-state index contributed by atoms with van der Waals surface area (Å²) in [6.45, 7) is 1.05. The second-order valence-corrected chi connectivity index (χ2v) is 8.53. The van der Waals surface area contributed by atoms with Crippen LogP contribution in [0.4, 0.5) is 0 Å². The normalized spacial score (nSPS) is 11.5. The Hall–Kier alpha value is -4.17. The van der Waals surface area contributed by atoms with E-state index in [1.54, 1.807) is 19.4 Å². The number of benzene rings is 1. The van der Waals surface area contributed by atoms with Crippen LogP contribution in [0, 0.1) is 0 Å². The largest absolute Gasteiger partial charge is 0.358 e. The van der Waals surface area contributed by atoms with E-state index in [-0.39, 0.29) is 11.5 Å². The molecule has 4 heterocycles. The summed E-state index contributed by atoms with van der Waals surface area (Å²) in [5.41, 5.74) is 6.55. The van der Waals surface area contributed by atoms with Gasteiger partial charge in [0.1, 0.15) is 11.2 Å². The quantitative estimate of drug-likeness (QED) is 0.352. The minimum atomic E-state index is -0.123. The van der Waals surface area contributed by atoms with E-state index < -0.39 is 0 Å². The number of amides is 1.